The lowest BCUT2D eigenvalue weighted by Gasteiger charge is -2.22. The molecule has 0 atom stereocenters. The molecule has 0 aliphatic rings. The molecule has 0 amide bonds. The van der Waals surface area contributed by atoms with Gasteiger partial charge in [0.1, 0.15) is 0 Å². The smallest absolute Gasteiger partial charge is 0.242 e. The van der Waals surface area contributed by atoms with E-state index in [1.165, 1.54) is 0 Å². The summed E-state index contributed by atoms with van der Waals surface area (Å²) in [5.41, 5.74) is 7.25. The van der Waals surface area contributed by atoms with Gasteiger partial charge in [-0.05, 0) is 45.7 Å². The number of hydrogen-bond donors (Lipinski definition) is 2. The molecule has 96 valence electrons. The van der Waals surface area contributed by atoms with Crippen molar-refractivity contribution in [3.05, 3.63) is 28.8 Å². The van der Waals surface area contributed by atoms with Crippen LogP contribution in [0, 0.1) is 20.8 Å². The quantitative estimate of drug-likeness (QED) is 0.807. The van der Waals surface area contributed by atoms with Gasteiger partial charge in [0.2, 0.25) is 10.0 Å². The predicted octanol–water partition coefficient (Wildman–Crippen LogP) is 1.58. The lowest BCUT2D eigenvalue weighted by atomic mass is 10.1. The van der Waals surface area contributed by atoms with Crippen LogP contribution in [-0.4, -0.2) is 14.1 Å². The number of sulfonamides is 1. The van der Waals surface area contributed by atoms with E-state index in [4.69, 9.17) is 5.73 Å². The number of nitrogens with one attached hydrogen (secondary N) is 1. The summed E-state index contributed by atoms with van der Waals surface area (Å²) in [6.45, 7) is 8.75. The van der Waals surface area contributed by atoms with Gasteiger partial charge in [0.15, 0.2) is 0 Å². The highest BCUT2D eigenvalue weighted by Gasteiger charge is 2.25. The maximum absolute atomic E-state index is 12.2. The van der Waals surface area contributed by atoms with E-state index in [0.717, 1.165) is 16.7 Å². The number of benzene rings is 1. The Morgan fingerprint density at radius 2 is 1.53 bits per heavy atom. The summed E-state index contributed by atoms with van der Waals surface area (Å²) in [6, 6.07) is 3.70. The lowest BCUT2D eigenvalue weighted by Crippen LogP contribution is -2.50. The molecule has 0 aromatic heterocycles. The Hall–Kier alpha value is -0.910. The Balaban J connectivity index is 3.35. The molecule has 17 heavy (non-hydrogen) atoms. The number of rotatable bonds is 3. The molecule has 3 N–H and O–H groups in total. The van der Waals surface area contributed by atoms with Crippen LogP contribution >= 0.6 is 0 Å². The van der Waals surface area contributed by atoms with Crippen LogP contribution in [0.1, 0.15) is 30.5 Å². The molecule has 0 aliphatic heterocycles. The summed E-state index contributed by atoms with van der Waals surface area (Å²) in [5.74, 6) is 0. The van der Waals surface area contributed by atoms with E-state index in [9.17, 15) is 8.42 Å². The maximum Gasteiger partial charge on any atom is 0.242 e. The third-order valence-electron chi connectivity index (χ3n) is 2.27. The third-order valence-corrected chi connectivity index (χ3v) is 4.25. The van der Waals surface area contributed by atoms with Crippen LogP contribution in [0.25, 0.3) is 0 Å². The number of nitrogens with two attached hydrogens (primary N) is 1. The minimum absolute atomic E-state index is 0.321. The molecule has 1 aromatic rings. The zero-order valence-corrected chi connectivity index (χ0v) is 11.8. The molecule has 0 fully saturated rings. The fourth-order valence-corrected chi connectivity index (χ4v) is 3.75. The van der Waals surface area contributed by atoms with Gasteiger partial charge in [0, 0.05) is 0 Å². The Bertz CT molecular complexity index is 505. The summed E-state index contributed by atoms with van der Waals surface area (Å²) in [5, 5.41) is 0. The highest BCUT2D eigenvalue weighted by molar-refractivity contribution is 7.89. The molecule has 0 spiro atoms. The molecule has 0 unspecified atom stereocenters. The van der Waals surface area contributed by atoms with Gasteiger partial charge in [-0.15, -0.1) is 0 Å². The minimum atomic E-state index is -3.57. The van der Waals surface area contributed by atoms with Crippen molar-refractivity contribution in [2.24, 2.45) is 5.73 Å². The van der Waals surface area contributed by atoms with Crippen molar-refractivity contribution in [1.82, 2.24) is 4.72 Å². The SMILES string of the molecule is Cc1cc(C)c(S(=O)(=O)NC(C)(C)N)c(C)c1. The Morgan fingerprint density at radius 1 is 1.12 bits per heavy atom. The van der Waals surface area contributed by atoms with Crippen LogP contribution in [0.15, 0.2) is 17.0 Å². The summed E-state index contributed by atoms with van der Waals surface area (Å²) in [7, 11) is -3.57. The van der Waals surface area contributed by atoms with Crippen LogP contribution in [0.4, 0.5) is 0 Å². The maximum atomic E-state index is 12.2. The lowest BCUT2D eigenvalue weighted by molar-refractivity contribution is 0.469. The van der Waals surface area contributed by atoms with Crippen molar-refractivity contribution in [3.63, 3.8) is 0 Å². The van der Waals surface area contributed by atoms with Gasteiger partial charge in [-0.3, -0.25) is 0 Å². The van der Waals surface area contributed by atoms with Crippen molar-refractivity contribution in [1.29, 1.82) is 0 Å². The molecule has 1 rings (SSSR count). The minimum Gasteiger partial charge on any atom is -0.313 e. The Kier molecular flexibility index (Phi) is 3.66. The molecular weight excluding hydrogens is 236 g/mol. The van der Waals surface area contributed by atoms with Crippen molar-refractivity contribution in [2.45, 2.75) is 45.2 Å². The summed E-state index contributed by atoms with van der Waals surface area (Å²) in [4.78, 5) is 0.321. The molecule has 0 aliphatic carbocycles. The second-order valence-corrected chi connectivity index (χ2v) is 6.67. The van der Waals surface area contributed by atoms with E-state index < -0.39 is 15.7 Å². The third kappa shape index (κ3) is 3.52. The van der Waals surface area contributed by atoms with Gasteiger partial charge in [-0.25, -0.2) is 8.42 Å². The summed E-state index contributed by atoms with van der Waals surface area (Å²) < 4.78 is 26.9. The van der Waals surface area contributed by atoms with Crippen molar-refractivity contribution in [2.75, 3.05) is 0 Å². The highest BCUT2D eigenvalue weighted by atomic mass is 32.2. The van der Waals surface area contributed by atoms with E-state index >= 15 is 0 Å². The van der Waals surface area contributed by atoms with E-state index in [1.54, 1.807) is 27.7 Å². The first kappa shape index (κ1) is 14.2. The van der Waals surface area contributed by atoms with Gasteiger partial charge in [0.25, 0.3) is 0 Å². The monoisotopic (exact) mass is 256 g/mol. The number of hydrogen-bond acceptors (Lipinski definition) is 3. The topological polar surface area (TPSA) is 72.2 Å². The predicted molar refractivity (Wildman–Crippen MR) is 69.2 cm³/mol. The summed E-state index contributed by atoms with van der Waals surface area (Å²) in [6.07, 6.45) is 0. The highest BCUT2D eigenvalue weighted by Crippen LogP contribution is 2.22. The van der Waals surface area contributed by atoms with Gasteiger partial charge >= 0.3 is 0 Å². The van der Waals surface area contributed by atoms with Crippen LogP contribution < -0.4 is 10.5 Å². The van der Waals surface area contributed by atoms with Crippen LogP contribution in [0.3, 0.4) is 0 Å². The standard InChI is InChI=1S/C12H20N2O2S/c1-8-6-9(2)11(10(3)7-8)17(15,16)14-12(4,5)13/h6-7,14H,13H2,1-5H3. The zero-order chi connectivity index (χ0) is 13.4. The Morgan fingerprint density at radius 3 is 1.88 bits per heavy atom. The average Bonchev–Trinajstić information content (AvgIpc) is 1.93. The molecule has 0 saturated heterocycles. The molecule has 0 bridgehead atoms. The van der Waals surface area contributed by atoms with Crippen molar-refractivity contribution in [3.8, 4) is 0 Å². The average molecular weight is 256 g/mol. The van der Waals surface area contributed by atoms with Crippen molar-refractivity contribution < 1.29 is 8.42 Å². The normalized spacial score (nSPS) is 12.8. The van der Waals surface area contributed by atoms with Gasteiger partial charge in [0.05, 0.1) is 10.6 Å². The second-order valence-electron chi connectivity index (χ2n) is 5.06. The van der Waals surface area contributed by atoms with Gasteiger partial charge in [-0.2, -0.15) is 4.72 Å². The number of aryl methyl sites for hydroxylation is 3. The largest absolute Gasteiger partial charge is 0.313 e. The first-order chi connectivity index (χ1) is 7.53. The first-order valence-corrected chi connectivity index (χ1v) is 6.92. The molecule has 0 heterocycles. The molecule has 4 nitrogen and oxygen atoms in total. The van der Waals surface area contributed by atoms with E-state index in [0.29, 0.717) is 4.90 Å². The van der Waals surface area contributed by atoms with E-state index in [1.807, 2.05) is 19.1 Å². The van der Waals surface area contributed by atoms with Crippen LogP contribution in [0.2, 0.25) is 0 Å². The molecular formula is C12H20N2O2S. The van der Waals surface area contributed by atoms with Crippen LogP contribution in [-0.2, 0) is 10.0 Å². The van der Waals surface area contributed by atoms with Crippen molar-refractivity contribution >= 4 is 10.0 Å². The van der Waals surface area contributed by atoms with Gasteiger partial charge in [-0.1, -0.05) is 17.7 Å². The van der Waals surface area contributed by atoms with Gasteiger partial charge < -0.3 is 5.73 Å². The second kappa shape index (κ2) is 4.40. The van der Waals surface area contributed by atoms with E-state index in [-0.39, 0.29) is 0 Å². The molecule has 0 saturated carbocycles. The molecule has 5 heteroatoms. The molecule has 1 aromatic carbocycles. The first-order valence-electron chi connectivity index (χ1n) is 5.43. The fourth-order valence-electron chi connectivity index (χ4n) is 1.99. The van der Waals surface area contributed by atoms with E-state index in [2.05, 4.69) is 4.72 Å². The van der Waals surface area contributed by atoms with Crippen LogP contribution in [0.5, 0.6) is 0 Å². The Labute approximate surface area is 103 Å². The zero-order valence-electron chi connectivity index (χ0n) is 11.0. The molecule has 0 radical (unpaired) electrons. The fraction of sp³-hybridized carbons (Fsp3) is 0.500. The summed E-state index contributed by atoms with van der Waals surface area (Å²) >= 11 is 0.